The Kier molecular flexibility index (Phi) is 5.70. The van der Waals surface area contributed by atoms with Crippen LogP contribution in [0.4, 0.5) is 11.5 Å². The van der Waals surface area contributed by atoms with Crippen LogP contribution in [0, 0.1) is 5.41 Å². The lowest BCUT2D eigenvalue weighted by molar-refractivity contribution is -0.116. The third-order valence-corrected chi connectivity index (χ3v) is 5.71. The summed E-state index contributed by atoms with van der Waals surface area (Å²) in [7, 11) is 0. The second-order valence-corrected chi connectivity index (χ2v) is 8.84. The molecule has 0 aliphatic heterocycles. The van der Waals surface area contributed by atoms with Crippen LogP contribution >= 0.6 is 0 Å². The molecule has 3 rings (SSSR count). The molecule has 0 unspecified atom stereocenters. The molecule has 0 atom stereocenters. The van der Waals surface area contributed by atoms with Crippen LogP contribution in [0.3, 0.4) is 0 Å². The summed E-state index contributed by atoms with van der Waals surface area (Å²) in [6.45, 7) is 11.6. The van der Waals surface area contributed by atoms with E-state index in [4.69, 9.17) is 4.84 Å². The van der Waals surface area contributed by atoms with Gasteiger partial charge in [-0.25, -0.2) is 4.98 Å². The number of hydrogen-bond donors (Lipinski definition) is 1. The topological polar surface area (TPSA) is 50.3 Å². The molecule has 0 bridgehead atoms. The lowest BCUT2D eigenvalue weighted by Crippen LogP contribution is -2.50. The van der Waals surface area contributed by atoms with Gasteiger partial charge >= 0.3 is 0 Å². The summed E-state index contributed by atoms with van der Waals surface area (Å²) in [5.41, 5.74) is 1.79. The quantitative estimate of drug-likeness (QED) is 0.680. The molecule has 0 saturated heterocycles. The lowest BCUT2D eigenvalue weighted by atomic mass is 9.79. The first-order valence-corrected chi connectivity index (χ1v) is 9.84. The van der Waals surface area contributed by atoms with Gasteiger partial charge in [-0.2, -0.15) is 0 Å². The zero-order valence-corrected chi connectivity index (χ0v) is 17.2. The summed E-state index contributed by atoms with van der Waals surface area (Å²) in [6, 6.07) is 10.5. The third-order valence-electron chi connectivity index (χ3n) is 5.71. The van der Waals surface area contributed by atoms with Gasteiger partial charge in [-0.1, -0.05) is 26.8 Å². The predicted molar refractivity (Wildman–Crippen MR) is 111 cm³/mol. The van der Waals surface area contributed by atoms with Crippen molar-refractivity contribution >= 4 is 11.5 Å². The maximum atomic E-state index is 6.58. The highest BCUT2D eigenvalue weighted by molar-refractivity contribution is 5.53. The van der Waals surface area contributed by atoms with Crippen molar-refractivity contribution in [2.24, 2.45) is 5.41 Å². The average molecular weight is 369 g/mol. The van der Waals surface area contributed by atoms with Crippen molar-refractivity contribution in [2.45, 2.75) is 72.1 Å². The van der Waals surface area contributed by atoms with Crippen molar-refractivity contribution in [1.82, 2.24) is 9.97 Å². The summed E-state index contributed by atoms with van der Waals surface area (Å²) in [6.07, 6.45) is 7.24. The predicted octanol–water partition coefficient (Wildman–Crippen LogP) is 5.20. The van der Waals surface area contributed by atoms with Crippen LogP contribution in [0.1, 0.15) is 59.6 Å². The molecule has 1 aliphatic rings. The number of hydrogen-bond acceptors (Lipinski definition) is 5. The zero-order chi connectivity index (χ0) is 19.5. The highest BCUT2D eigenvalue weighted by Crippen LogP contribution is 2.38. The molecule has 146 valence electrons. The zero-order valence-electron chi connectivity index (χ0n) is 17.2. The lowest BCUT2D eigenvalue weighted by Gasteiger charge is -2.46. The molecule has 2 aromatic rings. The summed E-state index contributed by atoms with van der Waals surface area (Å²) >= 11 is 0. The molecule has 2 aromatic heterocycles. The minimum atomic E-state index is -0.284. The van der Waals surface area contributed by atoms with E-state index in [9.17, 15) is 0 Å². The van der Waals surface area contributed by atoms with Crippen LogP contribution < -0.4 is 10.4 Å². The van der Waals surface area contributed by atoms with Gasteiger partial charge in [0.05, 0.1) is 29.6 Å². The molecule has 2 heterocycles. The van der Waals surface area contributed by atoms with Gasteiger partial charge in [0.15, 0.2) is 0 Å². The van der Waals surface area contributed by atoms with E-state index in [1.165, 1.54) is 19.3 Å². The highest BCUT2D eigenvalue weighted by Gasteiger charge is 2.39. The molecule has 0 radical (unpaired) electrons. The molecule has 1 fully saturated rings. The van der Waals surface area contributed by atoms with E-state index >= 15 is 0 Å². The Bertz CT molecular complexity index is 735. The van der Waals surface area contributed by atoms with Crippen LogP contribution in [0.5, 0.6) is 0 Å². The van der Waals surface area contributed by atoms with E-state index in [-0.39, 0.29) is 11.0 Å². The Hall–Kier alpha value is -2.14. The van der Waals surface area contributed by atoms with E-state index < -0.39 is 0 Å². The Morgan fingerprint density at radius 3 is 2.44 bits per heavy atom. The van der Waals surface area contributed by atoms with Gasteiger partial charge < -0.3 is 5.32 Å². The molecule has 1 N–H and O–H groups in total. The van der Waals surface area contributed by atoms with Gasteiger partial charge in [0.1, 0.15) is 5.82 Å². The third kappa shape index (κ3) is 4.78. The molecule has 5 heteroatoms. The van der Waals surface area contributed by atoms with Crippen LogP contribution in [0.25, 0.3) is 0 Å². The molecular formula is C22H32N4O. The maximum absolute atomic E-state index is 6.58. The van der Waals surface area contributed by atoms with Crippen LogP contribution in [-0.2, 0) is 11.4 Å². The molecule has 0 amide bonds. The second-order valence-electron chi connectivity index (χ2n) is 8.84. The summed E-state index contributed by atoms with van der Waals surface area (Å²) in [5, 5.41) is 5.48. The van der Waals surface area contributed by atoms with E-state index in [1.807, 2.05) is 36.7 Å². The van der Waals surface area contributed by atoms with E-state index in [0.29, 0.717) is 12.6 Å². The molecular weight excluding hydrogens is 336 g/mol. The molecule has 5 nitrogen and oxygen atoms in total. The van der Waals surface area contributed by atoms with Crippen LogP contribution in [0.2, 0.25) is 0 Å². The van der Waals surface area contributed by atoms with Gasteiger partial charge in [-0.15, -0.1) is 0 Å². The SMILES string of the molecule is CC(C)(C)C(C)(C)ON(c1ccnc(NCc2ccccn2)c1)C1CCC1. The Morgan fingerprint density at radius 2 is 1.85 bits per heavy atom. The van der Waals surface area contributed by atoms with Crippen molar-refractivity contribution in [2.75, 3.05) is 10.4 Å². The first-order chi connectivity index (χ1) is 12.8. The number of nitrogens with zero attached hydrogens (tertiary/aromatic N) is 3. The first kappa shape index (κ1) is 19.6. The van der Waals surface area contributed by atoms with Crippen molar-refractivity contribution in [3.8, 4) is 0 Å². The van der Waals surface area contributed by atoms with Crippen molar-refractivity contribution in [3.05, 3.63) is 48.4 Å². The highest BCUT2D eigenvalue weighted by atomic mass is 16.7. The van der Waals surface area contributed by atoms with Gasteiger partial charge in [0, 0.05) is 18.5 Å². The molecule has 1 saturated carbocycles. The monoisotopic (exact) mass is 368 g/mol. The Labute approximate surface area is 163 Å². The Morgan fingerprint density at radius 1 is 1.07 bits per heavy atom. The fraction of sp³-hybridized carbons (Fsp3) is 0.545. The van der Waals surface area contributed by atoms with Gasteiger partial charge in [0.25, 0.3) is 0 Å². The van der Waals surface area contributed by atoms with Gasteiger partial charge in [-0.05, 0) is 56.7 Å². The number of pyridine rings is 2. The van der Waals surface area contributed by atoms with Crippen LogP contribution in [0.15, 0.2) is 42.7 Å². The van der Waals surface area contributed by atoms with Crippen LogP contribution in [-0.4, -0.2) is 21.6 Å². The minimum Gasteiger partial charge on any atom is -0.364 e. The molecule has 0 aromatic carbocycles. The number of hydroxylamine groups is 1. The van der Waals surface area contributed by atoms with E-state index in [1.54, 1.807) is 0 Å². The van der Waals surface area contributed by atoms with E-state index in [2.05, 4.69) is 61.0 Å². The van der Waals surface area contributed by atoms with Gasteiger partial charge in [-0.3, -0.25) is 14.9 Å². The molecule has 0 spiro atoms. The summed E-state index contributed by atoms with van der Waals surface area (Å²) < 4.78 is 0. The smallest absolute Gasteiger partial charge is 0.128 e. The van der Waals surface area contributed by atoms with Crippen molar-refractivity contribution in [3.63, 3.8) is 0 Å². The fourth-order valence-electron chi connectivity index (χ4n) is 2.68. The number of aromatic nitrogens is 2. The number of rotatable bonds is 7. The largest absolute Gasteiger partial charge is 0.364 e. The normalized spacial score (nSPS) is 15.3. The first-order valence-electron chi connectivity index (χ1n) is 9.84. The number of anilines is 2. The molecule has 27 heavy (non-hydrogen) atoms. The van der Waals surface area contributed by atoms with Crippen molar-refractivity contribution in [1.29, 1.82) is 0 Å². The molecule has 1 aliphatic carbocycles. The summed E-state index contributed by atoms with van der Waals surface area (Å²) in [4.78, 5) is 15.4. The number of nitrogens with one attached hydrogen (secondary N) is 1. The summed E-state index contributed by atoms with van der Waals surface area (Å²) in [5.74, 6) is 0.833. The second kappa shape index (κ2) is 7.85. The fourth-order valence-corrected chi connectivity index (χ4v) is 2.68. The van der Waals surface area contributed by atoms with Gasteiger partial charge in [0.2, 0.25) is 0 Å². The maximum Gasteiger partial charge on any atom is 0.128 e. The standard InChI is InChI=1S/C22H32N4O/c1-21(2,3)22(4,5)27-26(18-10-8-11-18)19-12-14-24-20(15-19)25-16-17-9-6-7-13-23-17/h6-7,9,12-15,18H,8,10-11,16H2,1-5H3,(H,24,25). The Balaban J connectivity index is 1.76. The van der Waals surface area contributed by atoms with Crippen molar-refractivity contribution < 1.29 is 4.84 Å². The minimum absolute atomic E-state index is 0.0298. The van der Waals surface area contributed by atoms with E-state index in [0.717, 1.165) is 17.2 Å². The average Bonchev–Trinajstić information content (AvgIpc) is 2.58.